The van der Waals surface area contributed by atoms with E-state index in [4.69, 9.17) is 10.2 Å². The van der Waals surface area contributed by atoms with Gasteiger partial charge in [-0.05, 0) is 25.9 Å². The number of aliphatic carboxylic acids is 2. The smallest absolute Gasteiger partial charge is 0.321 e. The predicted molar refractivity (Wildman–Crippen MR) is 49.0 cm³/mol. The molecule has 0 spiro atoms. The Balaban J connectivity index is 2.83. The third-order valence-corrected chi connectivity index (χ3v) is 2.71. The van der Waals surface area contributed by atoms with Crippen LogP contribution in [0.3, 0.4) is 0 Å². The highest BCUT2D eigenvalue weighted by molar-refractivity contribution is 5.82. The normalized spacial score (nSPS) is 28.6. The standard InChI is InChI=1S/C9H15NO4/c1-2-10-5-3-4-6(8(11)12)7(10)9(13)14/h6-7H,2-5H2,1H3,(H,11,12)(H,13,14)/t6-,7-/m0/s1. The van der Waals surface area contributed by atoms with Gasteiger partial charge in [0.2, 0.25) is 0 Å². The van der Waals surface area contributed by atoms with Gasteiger partial charge >= 0.3 is 11.9 Å². The first-order chi connectivity index (χ1) is 6.57. The van der Waals surface area contributed by atoms with E-state index in [1.165, 1.54) is 0 Å². The quantitative estimate of drug-likeness (QED) is 0.684. The van der Waals surface area contributed by atoms with Crippen LogP contribution in [0.4, 0.5) is 0 Å². The fraction of sp³-hybridized carbons (Fsp3) is 0.778. The molecule has 0 aromatic heterocycles. The zero-order valence-corrected chi connectivity index (χ0v) is 8.14. The van der Waals surface area contributed by atoms with Gasteiger partial charge in [-0.15, -0.1) is 0 Å². The van der Waals surface area contributed by atoms with E-state index < -0.39 is 23.9 Å². The summed E-state index contributed by atoms with van der Waals surface area (Å²) in [5.41, 5.74) is 0. The van der Waals surface area contributed by atoms with E-state index in [-0.39, 0.29) is 0 Å². The summed E-state index contributed by atoms with van der Waals surface area (Å²) >= 11 is 0. The third-order valence-electron chi connectivity index (χ3n) is 2.71. The van der Waals surface area contributed by atoms with Crippen LogP contribution in [0.25, 0.3) is 0 Å². The molecule has 0 radical (unpaired) electrons. The van der Waals surface area contributed by atoms with Crippen molar-refractivity contribution in [3.63, 3.8) is 0 Å². The lowest BCUT2D eigenvalue weighted by Crippen LogP contribution is -2.52. The molecule has 0 aliphatic carbocycles. The number of rotatable bonds is 3. The van der Waals surface area contributed by atoms with Gasteiger partial charge in [0, 0.05) is 0 Å². The molecule has 5 nitrogen and oxygen atoms in total. The van der Waals surface area contributed by atoms with Crippen LogP contribution in [0.1, 0.15) is 19.8 Å². The van der Waals surface area contributed by atoms with Crippen molar-refractivity contribution in [3.05, 3.63) is 0 Å². The Morgan fingerprint density at radius 3 is 2.43 bits per heavy atom. The molecule has 1 saturated heterocycles. The van der Waals surface area contributed by atoms with Crippen LogP contribution in [-0.4, -0.2) is 46.2 Å². The molecule has 80 valence electrons. The van der Waals surface area contributed by atoms with Crippen molar-refractivity contribution in [1.82, 2.24) is 4.90 Å². The first-order valence-corrected chi connectivity index (χ1v) is 4.77. The molecule has 1 heterocycles. The van der Waals surface area contributed by atoms with Crippen LogP contribution < -0.4 is 0 Å². The van der Waals surface area contributed by atoms with Crippen molar-refractivity contribution < 1.29 is 19.8 Å². The summed E-state index contributed by atoms with van der Waals surface area (Å²) in [5.74, 6) is -2.80. The van der Waals surface area contributed by atoms with Crippen molar-refractivity contribution in [2.45, 2.75) is 25.8 Å². The minimum atomic E-state index is -1.03. The highest BCUT2D eigenvalue weighted by Crippen LogP contribution is 2.23. The highest BCUT2D eigenvalue weighted by Gasteiger charge is 2.40. The lowest BCUT2D eigenvalue weighted by molar-refractivity contribution is -0.157. The van der Waals surface area contributed by atoms with Gasteiger partial charge in [0.25, 0.3) is 0 Å². The maximum Gasteiger partial charge on any atom is 0.321 e. The summed E-state index contributed by atoms with van der Waals surface area (Å²) in [6.07, 6.45) is 1.22. The number of piperidine rings is 1. The minimum absolute atomic E-state index is 0.461. The molecule has 0 aromatic rings. The second kappa shape index (κ2) is 4.41. The van der Waals surface area contributed by atoms with Crippen LogP contribution in [0.15, 0.2) is 0 Å². The van der Waals surface area contributed by atoms with E-state index in [2.05, 4.69) is 0 Å². The maximum atomic E-state index is 10.9. The summed E-state index contributed by atoms with van der Waals surface area (Å²) < 4.78 is 0. The Kier molecular flexibility index (Phi) is 3.46. The second-order valence-electron chi connectivity index (χ2n) is 3.50. The summed E-state index contributed by atoms with van der Waals surface area (Å²) in [4.78, 5) is 23.5. The number of hydrogen-bond donors (Lipinski definition) is 2. The molecule has 2 atom stereocenters. The molecular formula is C9H15NO4. The van der Waals surface area contributed by atoms with Gasteiger partial charge in [-0.1, -0.05) is 6.92 Å². The Morgan fingerprint density at radius 1 is 1.36 bits per heavy atom. The number of carboxylic acid groups (broad SMARTS) is 2. The van der Waals surface area contributed by atoms with Crippen LogP contribution >= 0.6 is 0 Å². The van der Waals surface area contributed by atoms with Gasteiger partial charge in [0.15, 0.2) is 0 Å². The predicted octanol–water partition coefficient (Wildman–Crippen LogP) is 0.256. The monoisotopic (exact) mass is 201 g/mol. The van der Waals surface area contributed by atoms with Crippen molar-refractivity contribution in [2.24, 2.45) is 5.92 Å². The molecule has 0 amide bonds. The number of likely N-dealkylation sites (tertiary alicyclic amines) is 1. The average Bonchev–Trinajstić information content (AvgIpc) is 2.16. The number of carbonyl (C=O) groups is 2. The van der Waals surface area contributed by atoms with E-state index in [9.17, 15) is 9.59 Å². The van der Waals surface area contributed by atoms with Gasteiger partial charge in [-0.25, -0.2) is 0 Å². The lowest BCUT2D eigenvalue weighted by Gasteiger charge is -2.35. The van der Waals surface area contributed by atoms with E-state index in [1.54, 1.807) is 4.90 Å². The molecule has 5 heteroatoms. The van der Waals surface area contributed by atoms with Crippen molar-refractivity contribution in [1.29, 1.82) is 0 Å². The molecule has 14 heavy (non-hydrogen) atoms. The Morgan fingerprint density at radius 2 is 2.00 bits per heavy atom. The van der Waals surface area contributed by atoms with Crippen LogP contribution in [0, 0.1) is 5.92 Å². The van der Waals surface area contributed by atoms with Gasteiger partial charge < -0.3 is 10.2 Å². The highest BCUT2D eigenvalue weighted by atomic mass is 16.4. The molecule has 0 aromatic carbocycles. The minimum Gasteiger partial charge on any atom is -0.481 e. The zero-order valence-electron chi connectivity index (χ0n) is 8.14. The number of hydrogen-bond acceptors (Lipinski definition) is 3. The molecule has 1 fully saturated rings. The van der Waals surface area contributed by atoms with Gasteiger partial charge in [-0.3, -0.25) is 14.5 Å². The van der Waals surface area contributed by atoms with E-state index in [0.29, 0.717) is 19.5 Å². The molecule has 0 unspecified atom stereocenters. The fourth-order valence-corrected chi connectivity index (χ4v) is 2.01. The van der Waals surface area contributed by atoms with Gasteiger partial charge in [-0.2, -0.15) is 0 Å². The number of carboxylic acids is 2. The zero-order chi connectivity index (χ0) is 10.7. The number of likely N-dealkylation sites (N-methyl/N-ethyl adjacent to an activating group) is 1. The molecular weight excluding hydrogens is 186 g/mol. The Bertz CT molecular complexity index is 241. The second-order valence-corrected chi connectivity index (χ2v) is 3.50. The molecule has 0 saturated carbocycles. The van der Waals surface area contributed by atoms with Crippen molar-refractivity contribution in [3.8, 4) is 0 Å². The van der Waals surface area contributed by atoms with Crippen LogP contribution in [0.2, 0.25) is 0 Å². The third kappa shape index (κ3) is 2.04. The van der Waals surface area contributed by atoms with Gasteiger partial charge in [0.05, 0.1) is 5.92 Å². The lowest BCUT2D eigenvalue weighted by atomic mass is 9.89. The fourth-order valence-electron chi connectivity index (χ4n) is 2.01. The summed E-state index contributed by atoms with van der Waals surface area (Å²) in [6.45, 7) is 3.11. The molecule has 1 aliphatic rings. The average molecular weight is 201 g/mol. The SMILES string of the molecule is CCN1CCC[C@H](C(=O)O)[C@H]1C(=O)O. The molecule has 0 bridgehead atoms. The van der Waals surface area contributed by atoms with Gasteiger partial charge in [0.1, 0.15) is 6.04 Å². The maximum absolute atomic E-state index is 10.9. The first-order valence-electron chi connectivity index (χ1n) is 4.77. The molecule has 1 rings (SSSR count). The van der Waals surface area contributed by atoms with E-state index in [0.717, 1.165) is 6.42 Å². The van der Waals surface area contributed by atoms with Crippen molar-refractivity contribution >= 4 is 11.9 Å². The summed E-state index contributed by atoms with van der Waals surface area (Å²) in [7, 11) is 0. The topological polar surface area (TPSA) is 77.8 Å². The Hall–Kier alpha value is -1.10. The largest absolute Gasteiger partial charge is 0.481 e. The summed E-state index contributed by atoms with van der Waals surface area (Å²) in [6, 6.07) is -0.855. The summed E-state index contributed by atoms with van der Waals surface area (Å²) in [5, 5.41) is 17.8. The van der Waals surface area contributed by atoms with E-state index in [1.807, 2.05) is 6.92 Å². The van der Waals surface area contributed by atoms with Crippen LogP contribution in [-0.2, 0) is 9.59 Å². The first kappa shape index (κ1) is 11.0. The molecule has 1 aliphatic heterocycles. The number of nitrogens with zero attached hydrogens (tertiary/aromatic N) is 1. The van der Waals surface area contributed by atoms with Crippen molar-refractivity contribution in [2.75, 3.05) is 13.1 Å². The molecule has 2 N–H and O–H groups in total. The van der Waals surface area contributed by atoms with Crippen LogP contribution in [0.5, 0.6) is 0 Å². The Labute approximate surface area is 82.3 Å². The van der Waals surface area contributed by atoms with E-state index >= 15 is 0 Å².